The summed E-state index contributed by atoms with van der Waals surface area (Å²) < 4.78 is 0. The van der Waals surface area contributed by atoms with Gasteiger partial charge in [-0.2, -0.15) is 0 Å². The lowest BCUT2D eigenvalue weighted by Crippen LogP contribution is -2.53. The number of rotatable bonds is 2. The van der Waals surface area contributed by atoms with Crippen molar-refractivity contribution in [2.45, 2.75) is 44.6 Å². The van der Waals surface area contributed by atoms with Gasteiger partial charge in [0.25, 0.3) is 5.91 Å². The van der Waals surface area contributed by atoms with Crippen molar-refractivity contribution in [3.8, 4) is 0 Å². The number of carbonyl (C=O) groups is 2. The molecule has 4 rings (SSSR count). The molecule has 2 saturated heterocycles. The molecule has 1 aliphatic carbocycles. The highest BCUT2D eigenvalue weighted by molar-refractivity contribution is 7.07. The summed E-state index contributed by atoms with van der Waals surface area (Å²) in [6.45, 7) is 3.16. The van der Waals surface area contributed by atoms with Gasteiger partial charge in [-0.05, 0) is 43.9 Å². The lowest BCUT2D eigenvalue weighted by molar-refractivity contribution is -0.145. The normalized spacial score (nSPS) is 28.7. The minimum atomic E-state index is -0.284. The minimum absolute atomic E-state index is 0.0261. The van der Waals surface area contributed by atoms with Gasteiger partial charge < -0.3 is 14.9 Å². The monoisotopic (exact) mass is 363 g/mol. The van der Waals surface area contributed by atoms with Gasteiger partial charge in [0, 0.05) is 37.5 Å². The molecular weight excluding hydrogens is 338 g/mol. The van der Waals surface area contributed by atoms with Crippen LogP contribution in [0.5, 0.6) is 0 Å². The Hall–Kier alpha value is -1.47. The molecule has 1 aromatic heterocycles. The van der Waals surface area contributed by atoms with Gasteiger partial charge in [-0.25, -0.2) is 4.98 Å². The van der Waals surface area contributed by atoms with Crippen molar-refractivity contribution in [2.24, 2.45) is 11.3 Å². The zero-order valence-corrected chi connectivity index (χ0v) is 15.2. The first kappa shape index (κ1) is 17.0. The molecule has 0 atom stereocenters. The summed E-state index contributed by atoms with van der Waals surface area (Å²) >= 11 is 1.45. The number of likely N-dealkylation sites (tertiary alicyclic amines) is 2. The first-order valence-corrected chi connectivity index (χ1v) is 10.1. The summed E-state index contributed by atoms with van der Waals surface area (Å²) in [5.74, 6) is 0.284. The highest BCUT2D eigenvalue weighted by Crippen LogP contribution is 2.41. The van der Waals surface area contributed by atoms with E-state index < -0.39 is 0 Å². The van der Waals surface area contributed by atoms with Gasteiger partial charge in [0.2, 0.25) is 5.91 Å². The van der Waals surface area contributed by atoms with Crippen LogP contribution in [-0.4, -0.2) is 64.0 Å². The molecule has 0 bridgehead atoms. The van der Waals surface area contributed by atoms with Gasteiger partial charge in [-0.15, -0.1) is 11.3 Å². The average Bonchev–Trinajstić information content (AvgIpc) is 3.13. The highest BCUT2D eigenvalue weighted by Gasteiger charge is 2.43. The quantitative estimate of drug-likeness (QED) is 0.869. The molecule has 1 aromatic rings. The van der Waals surface area contributed by atoms with Crippen molar-refractivity contribution < 1.29 is 14.7 Å². The molecule has 136 valence electrons. The van der Waals surface area contributed by atoms with Crippen molar-refractivity contribution in [3.63, 3.8) is 0 Å². The standard InChI is InChI=1S/C18H25N3O3S/c22-14-8-13(9-14)16(23)20-6-3-18(4-7-20)2-1-5-21(11-18)17(24)15-10-25-12-19-15/h10,12-14,22H,1-9,11H2. The second-order valence-electron chi connectivity index (χ2n) is 7.85. The Morgan fingerprint density at radius 2 is 1.92 bits per heavy atom. The minimum Gasteiger partial charge on any atom is -0.393 e. The Labute approximate surface area is 151 Å². The Balaban J connectivity index is 1.35. The average molecular weight is 363 g/mol. The first-order chi connectivity index (χ1) is 12.1. The lowest BCUT2D eigenvalue weighted by Gasteiger charge is -2.48. The van der Waals surface area contributed by atoms with E-state index in [9.17, 15) is 14.7 Å². The predicted octanol–water partition coefficient (Wildman–Crippen LogP) is 1.76. The summed E-state index contributed by atoms with van der Waals surface area (Å²) in [6, 6.07) is 0. The van der Waals surface area contributed by atoms with E-state index in [1.165, 1.54) is 11.3 Å². The number of thiazole rings is 1. The van der Waals surface area contributed by atoms with Gasteiger partial charge >= 0.3 is 0 Å². The van der Waals surface area contributed by atoms with Crippen LogP contribution in [0.2, 0.25) is 0 Å². The fourth-order valence-corrected chi connectivity index (χ4v) is 5.04. The van der Waals surface area contributed by atoms with Crippen molar-refractivity contribution in [1.29, 1.82) is 0 Å². The maximum absolute atomic E-state index is 12.6. The van der Waals surface area contributed by atoms with E-state index >= 15 is 0 Å². The van der Waals surface area contributed by atoms with Crippen LogP contribution < -0.4 is 0 Å². The largest absolute Gasteiger partial charge is 0.393 e. The molecule has 7 heteroatoms. The van der Waals surface area contributed by atoms with Crippen molar-refractivity contribution in [3.05, 3.63) is 16.6 Å². The molecule has 1 saturated carbocycles. The van der Waals surface area contributed by atoms with Crippen LogP contribution in [0.15, 0.2) is 10.9 Å². The third kappa shape index (κ3) is 3.31. The van der Waals surface area contributed by atoms with E-state index in [1.807, 2.05) is 15.2 Å². The molecule has 25 heavy (non-hydrogen) atoms. The topological polar surface area (TPSA) is 73.7 Å². The second kappa shape index (κ2) is 6.68. The molecule has 1 N–H and O–H groups in total. The highest BCUT2D eigenvalue weighted by atomic mass is 32.1. The number of hydrogen-bond donors (Lipinski definition) is 1. The molecule has 3 aliphatic rings. The van der Waals surface area contributed by atoms with Gasteiger partial charge in [0.15, 0.2) is 0 Å². The predicted molar refractivity (Wildman–Crippen MR) is 94.2 cm³/mol. The fraction of sp³-hybridized carbons (Fsp3) is 0.722. The molecule has 3 fully saturated rings. The number of aliphatic hydroxyl groups excluding tert-OH is 1. The zero-order chi connectivity index (χ0) is 17.4. The van der Waals surface area contributed by atoms with Crippen LogP contribution in [0, 0.1) is 11.3 Å². The molecule has 0 unspecified atom stereocenters. The van der Waals surface area contributed by atoms with E-state index in [-0.39, 0.29) is 29.3 Å². The van der Waals surface area contributed by atoms with Gasteiger partial charge in [-0.1, -0.05) is 0 Å². The third-order valence-corrected chi connectivity index (χ3v) is 6.78. The van der Waals surface area contributed by atoms with E-state index in [0.29, 0.717) is 18.5 Å². The Kier molecular flexibility index (Phi) is 4.54. The van der Waals surface area contributed by atoms with Crippen molar-refractivity contribution in [2.75, 3.05) is 26.2 Å². The number of aliphatic hydroxyl groups is 1. The molecule has 2 amide bonds. The Morgan fingerprint density at radius 1 is 1.16 bits per heavy atom. The summed E-state index contributed by atoms with van der Waals surface area (Å²) in [7, 11) is 0. The fourth-order valence-electron chi connectivity index (χ4n) is 4.52. The maximum Gasteiger partial charge on any atom is 0.273 e. The number of hydrogen-bond acceptors (Lipinski definition) is 5. The van der Waals surface area contributed by atoms with Gasteiger partial charge in [0.05, 0.1) is 11.6 Å². The SMILES string of the molecule is O=C(c1cscn1)N1CCCC2(CCN(C(=O)C3CC(O)C3)CC2)C1. The van der Waals surface area contributed by atoms with Crippen LogP contribution in [0.25, 0.3) is 0 Å². The second-order valence-corrected chi connectivity index (χ2v) is 8.57. The van der Waals surface area contributed by atoms with E-state index in [0.717, 1.165) is 51.9 Å². The molecule has 1 spiro atoms. The molecule has 3 heterocycles. The zero-order valence-electron chi connectivity index (χ0n) is 14.4. The summed E-state index contributed by atoms with van der Waals surface area (Å²) in [5, 5.41) is 11.2. The van der Waals surface area contributed by atoms with Crippen molar-refractivity contribution >= 4 is 23.2 Å². The number of aromatic nitrogens is 1. The summed E-state index contributed by atoms with van der Waals surface area (Å²) in [4.78, 5) is 33.2. The Morgan fingerprint density at radius 3 is 2.56 bits per heavy atom. The van der Waals surface area contributed by atoms with Crippen LogP contribution in [0.1, 0.15) is 49.0 Å². The number of nitrogens with zero attached hydrogens (tertiary/aromatic N) is 3. The molecule has 2 aliphatic heterocycles. The van der Waals surface area contributed by atoms with Crippen molar-refractivity contribution in [1.82, 2.24) is 14.8 Å². The lowest BCUT2D eigenvalue weighted by atomic mass is 9.72. The number of piperidine rings is 2. The van der Waals surface area contributed by atoms with Crippen LogP contribution >= 0.6 is 11.3 Å². The first-order valence-electron chi connectivity index (χ1n) is 9.21. The molecular formula is C18H25N3O3S. The number of carbonyl (C=O) groups excluding carboxylic acids is 2. The smallest absolute Gasteiger partial charge is 0.273 e. The number of amides is 2. The third-order valence-electron chi connectivity index (χ3n) is 6.20. The van der Waals surface area contributed by atoms with E-state index in [1.54, 1.807) is 5.51 Å². The van der Waals surface area contributed by atoms with E-state index in [4.69, 9.17) is 0 Å². The van der Waals surface area contributed by atoms with E-state index in [2.05, 4.69) is 4.98 Å². The summed E-state index contributed by atoms with van der Waals surface area (Å²) in [6.07, 6.45) is 5.06. The molecule has 0 aromatic carbocycles. The van der Waals surface area contributed by atoms with Crippen LogP contribution in [0.4, 0.5) is 0 Å². The summed E-state index contributed by atoms with van der Waals surface area (Å²) in [5.41, 5.74) is 2.41. The molecule has 0 radical (unpaired) electrons. The molecule has 6 nitrogen and oxygen atoms in total. The van der Waals surface area contributed by atoms with Crippen LogP contribution in [0.3, 0.4) is 0 Å². The Bertz CT molecular complexity index is 634. The van der Waals surface area contributed by atoms with Gasteiger partial charge in [-0.3, -0.25) is 9.59 Å². The maximum atomic E-state index is 12.6. The van der Waals surface area contributed by atoms with Gasteiger partial charge in [0.1, 0.15) is 5.69 Å². The van der Waals surface area contributed by atoms with Crippen LogP contribution in [-0.2, 0) is 4.79 Å².